The average Bonchev–Trinajstić information content (AvgIpc) is 3.26. The number of pyridine rings is 1. The van der Waals surface area contributed by atoms with Gasteiger partial charge in [-0.05, 0) is 36.6 Å². The van der Waals surface area contributed by atoms with Gasteiger partial charge in [-0.25, -0.2) is 4.79 Å². The van der Waals surface area contributed by atoms with Crippen molar-refractivity contribution in [3.8, 4) is 0 Å². The number of carbonyl (C=O) groups excluding carboxylic acids is 1. The average molecular weight is 435 g/mol. The molecule has 1 atom stereocenters. The predicted molar refractivity (Wildman–Crippen MR) is 109 cm³/mol. The molecule has 1 N–H and O–H groups in total. The summed E-state index contributed by atoms with van der Waals surface area (Å²) < 4.78 is 31.7. The lowest BCUT2D eigenvalue weighted by atomic mass is 9.85. The molecule has 4 rings (SSSR count). The second-order valence-electron chi connectivity index (χ2n) is 7.98. The van der Waals surface area contributed by atoms with Gasteiger partial charge in [0.25, 0.3) is 0 Å². The lowest BCUT2D eigenvalue weighted by Gasteiger charge is -2.24. The number of aromatic nitrogens is 1. The van der Waals surface area contributed by atoms with Crippen LogP contribution < -0.4 is 4.90 Å². The summed E-state index contributed by atoms with van der Waals surface area (Å²) in [5.74, 6) is -2.53. The Morgan fingerprint density at radius 2 is 1.84 bits per heavy atom. The number of carboxylic acid groups (broad SMARTS) is 1. The molecular weight excluding hydrogens is 411 g/mol. The quantitative estimate of drug-likeness (QED) is 0.785. The summed E-state index contributed by atoms with van der Waals surface area (Å²) >= 11 is 0. The Labute approximate surface area is 178 Å². The molecule has 0 radical (unpaired) electrons. The summed E-state index contributed by atoms with van der Waals surface area (Å²) in [4.78, 5) is 30.7. The number of carboxylic acids is 1. The number of aliphatic carboxylic acids is 1. The van der Waals surface area contributed by atoms with E-state index >= 15 is 0 Å². The Morgan fingerprint density at radius 1 is 1.16 bits per heavy atom. The van der Waals surface area contributed by atoms with Crippen LogP contribution in [0.3, 0.4) is 0 Å². The maximum atomic E-state index is 12.8. The molecule has 1 saturated heterocycles. The van der Waals surface area contributed by atoms with Crippen molar-refractivity contribution in [3.05, 3.63) is 59.4 Å². The second-order valence-corrected chi connectivity index (χ2v) is 7.98. The molecule has 2 aromatic rings. The third kappa shape index (κ3) is 4.81. The number of rotatable bonds is 2. The van der Waals surface area contributed by atoms with Gasteiger partial charge in [-0.1, -0.05) is 24.3 Å². The summed E-state index contributed by atoms with van der Waals surface area (Å²) in [6, 6.07) is 12.3. The molecule has 9 heteroatoms. The Morgan fingerprint density at radius 3 is 2.48 bits per heavy atom. The van der Waals surface area contributed by atoms with E-state index in [1.807, 2.05) is 29.3 Å². The number of alkyl halides is 3. The normalized spacial score (nSPS) is 19.8. The third-order valence-corrected chi connectivity index (χ3v) is 5.79. The van der Waals surface area contributed by atoms with Gasteiger partial charge in [0.05, 0.1) is 23.2 Å². The largest absolute Gasteiger partial charge is 0.490 e. The molecule has 1 unspecified atom stereocenters. The number of anilines is 1. The monoisotopic (exact) mass is 435 g/mol. The third-order valence-electron chi connectivity index (χ3n) is 5.79. The van der Waals surface area contributed by atoms with Gasteiger partial charge in [0.2, 0.25) is 5.91 Å². The van der Waals surface area contributed by atoms with E-state index < -0.39 is 12.1 Å². The topological polar surface area (TPSA) is 73.7 Å². The van der Waals surface area contributed by atoms with Gasteiger partial charge in [0.15, 0.2) is 0 Å². The van der Waals surface area contributed by atoms with Crippen molar-refractivity contribution in [1.29, 1.82) is 0 Å². The van der Waals surface area contributed by atoms with Crippen LogP contribution in [0, 0.1) is 6.92 Å². The van der Waals surface area contributed by atoms with Crippen molar-refractivity contribution in [2.75, 3.05) is 31.6 Å². The first kappa shape index (κ1) is 22.6. The SMILES string of the molecule is Cc1ccccc1CC(=O)N1CCC2(C1)CN(C)c1cccnc12.O=C(O)C(F)(F)F. The molecular formula is C22H24F3N3O3. The van der Waals surface area contributed by atoms with Crippen molar-refractivity contribution >= 4 is 17.6 Å². The van der Waals surface area contributed by atoms with Crippen molar-refractivity contribution in [2.45, 2.75) is 31.4 Å². The van der Waals surface area contributed by atoms with Crippen LogP contribution in [0.1, 0.15) is 23.2 Å². The van der Waals surface area contributed by atoms with Gasteiger partial charge in [-0.2, -0.15) is 13.2 Å². The van der Waals surface area contributed by atoms with Crippen molar-refractivity contribution in [3.63, 3.8) is 0 Å². The maximum absolute atomic E-state index is 12.8. The summed E-state index contributed by atoms with van der Waals surface area (Å²) in [6.07, 6.45) is -1.72. The van der Waals surface area contributed by atoms with Crippen LogP contribution in [-0.2, 0) is 21.4 Å². The van der Waals surface area contributed by atoms with Crippen LogP contribution in [0.25, 0.3) is 0 Å². The van der Waals surface area contributed by atoms with Crippen LogP contribution in [0.15, 0.2) is 42.6 Å². The molecule has 1 aromatic carbocycles. The van der Waals surface area contributed by atoms with E-state index in [2.05, 4.69) is 42.1 Å². The number of fused-ring (bicyclic) bond motifs is 2. The number of halogens is 3. The number of likely N-dealkylation sites (tertiary alicyclic amines) is 1. The molecule has 2 aliphatic rings. The highest BCUT2D eigenvalue weighted by Gasteiger charge is 2.48. The van der Waals surface area contributed by atoms with Crippen molar-refractivity contribution < 1.29 is 27.9 Å². The van der Waals surface area contributed by atoms with Gasteiger partial charge in [-0.3, -0.25) is 9.78 Å². The van der Waals surface area contributed by atoms with Crippen molar-refractivity contribution in [2.24, 2.45) is 0 Å². The van der Waals surface area contributed by atoms with E-state index in [9.17, 15) is 18.0 Å². The number of aryl methyl sites for hydroxylation is 1. The molecule has 166 valence electrons. The minimum atomic E-state index is -5.08. The summed E-state index contributed by atoms with van der Waals surface area (Å²) in [7, 11) is 2.12. The number of hydrogen-bond acceptors (Lipinski definition) is 4. The van der Waals surface area contributed by atoms with Gasteiger partial charge in [-0.15, -0.1) is 0 Å². The lowest BCUT2D eigenvalue weighted by Crippen LogP contribution is -2.38. The summed E-state index contributed by atoms with van der Waals surface area (Å²) in [6.45, 7) is 4.63. The fourth-order valence-corrected chi connectivity index (χ4v) is 4.22. The minimum absolute atomic E-state index is 0.00668. The predicted octanol–water partition coefficient (Wildman–Crippen LogP) is 3.19. The Balaban J connectivity index is 0.000000339. The molecule has 1 amide bonds. The number of nitrogens with zero attached hydrogens (tertiary/aromatic N) is 3. The highest BCUT2D eigenvalue weighted by Crippen LogP contribution is 2.44. The fraction of sp³-hybridized carbons (Fsp3) is 0.409. The van der Waals surface area contributed by atoms with Gasteiger partial charge in [0, 0.05) is 32.9 Å². The maximum Gasteiger partial charge on any atom is 0.490 e. The zero-order valence-electron chi connectivity index (χ0n) is 17.3. The zero-order chi connectivity index (χ0) is 22.8. The van der Waals surface area contributed by atoms with Gasteiger partial charge < -0.3 is 14.9 Å². The number of amides is 1. The van der Waals surface area contributed by atoms with Crippen LogP contribution in [0.5, 0.6) is 0 Å². The molecule has 2 aliphatic heterocycles. The first-order valence-corrected chi connectivity index (χ1v) is 9.82. The second kappa shape index (κ2) is 8.56. The van der Waals surface area contributed by atoms with E-state index in [0.29, 0.717) is 6.42 Å². The molecule has 0 bridgehead atoms. The Kier molecular flexibility index (Phi) is 6.24. The first-order valence-electron chi connectivity index (χ1n) is 9.82. The summed E-state index contributed by atoms with van der Waals surface area (Å²) in [5, 5.41) is 7.12. The number of benzene rings is 1. The number of carbonyl (C=O) groups is 2. The minimum Gasteiger partial charge on any atom is -0.475 e. The van der Waals surface area contributed by atoms with Gasteiger partial charge >= 0.3 is 12.1 Å². The van der Waals surface area contributed by atoms with Gasteiger partial charge in [0.1, 0.15) is 0 Å². The lowest BCUT2D eigenvalue weighted by molar-refractivity contribution is -0.192. The smallest absolute Gasteiger partial charge is 0.475 e. The molecule has 0 saturated carbocycles. The highest BCUT2D eigenvalue weighted by atomic mass is 19.4. The van der Waals surface area contributed by atoms with Crippen LogP contribution in [0.4, 0.5) is 18.9 Å². The Hall–Kier alpha value is -3.10. The van der Waals surface area contributed by atoms with E-state index in [0.717, 1.165) is 31.6 Å². The molecule has 6 nitrogen and oxygen atoms in total. The molecule has 31 heavy (non-hydrogen) atoms. The molecule has 1 spiro atoms. The van der Waals surface area contributed by atoms with E-state index in [1.54, 1.807) is 0 Å². The van der Waals surface area contributed by atoms with Crippen LogP contribution >= 0.6 is 0 Å². The molecule has 1 aromatic heterocycles. The van der Waals surface area contributed by atoms with E-state index in [-0.39, 0.29) is 11.3 Å². The number of hydrogen-bond donors (Lipinski definition) is 1. The highest BCUT2D eigenvalue weighted by molar-refractivity contribution is 5.80. The van der Waals surface area contributed by atoms with E-state index in [1.165, 1.54) is 16.9 Å². The van der Waals surface area contributed by atoms with Crippen LogP contribution in [0.2, 0.25) is 0 Å². The zero-order valence-corrected chi connectivity index (χ0v) is 17.3. The first-order chi connectivity index (χ1) is 14.5. The Bertz CT molecular complexity index is 980. The summed E-state index contributed by atoms with van der Waals surface area (Å²) in [5.41, 5.74) is 4.70. The standard InChI is InChI=1S/C20H23N3O.C2HF3O2/c1-15-6-3-4-7-16(15)12-18(24)23-11-9-20(14-23)13-22(2)17-8-5-10-21-19(17)20;3-2(4,5)1(6)7/h3-8,10H,9,11-14H2,1-2H3;(H,6,7). The number of likely N-dealkylation sites (N-methyl/N-ethyl adjacent to an activating group) is 1. The molecule has 3 heterocycles. The molecule has 1 fully saturated rings. The van der Waals surface area contributed by atoms with E-state index in [4.69, 9.17) is 9.90 Å². The van der Waals surface area contributed by atoms with Crippen LogP contribution in [-0.4, -0.2) is 59.7 Å². The fourth-order valence-electron chi connectivity index (χ4n) is 4.22. The molecule has 0 aliphatic carbocycles. The van der Waals surface area contributed by atoms with Crippen molar-refractivity contribution in [1.82, 2.24) is 9.88 Å².